The Morgan fingerprint density at radius 3 is 0.720 bits per heavy atom. The highest BCUT2D eigenvalue weighted by Gasteiger charge is 2.19. The number of hydrogen-bond donors (Lipinski definition) is 0. The maximum atomic E-state index is 12.9. The highest BCUT2D eigenvalue weighted by molar-refractivity contribution is 5.71. The van der Waals surface area contributed by atoms with Crippen molar-refractivity contribution in [2.45, 2.75) is 419 Å². The van der Waals surface area contributed by atoms with E-state index in [1.807, 2.05) is 0 Å². The molecule has 6 heteroatoms. The van der Waals surface area contributed by atoms with Crippen LogP contribution in [0.25, 0.3) is 0 Å². The number of unbranched alkanes of at least 4 members (excludes halogenated alkanes) is 52. The summed E-state index contributed by atoms with van der Waals surface area (Å²) in [5, 5.41) is 0. The summed E-state index contributed by atoms with van der Waals surface area (Å²) in [6, 6.07) is 0. The second-order valence-corrected chi connectivity index (χ2v) is 25.2. The van der Waals surface area contributed by atoms with Gasteiger partial charge in [0.2, 0.25) is 0 Å². The average Bonchev–Trinajstić information content (AvgIpc) is 3.47. The van der Waals surface area contributed by atoms with Crippen molar-refractivity contribution in [3.63, 3.8) is 0 Å². The number of hydrogen-bond acceptors (Lipinski definition) is 6. The van der Waals surface area contributed by atoms with Crippen LogP contribution in [0.2, 0.25) is 0 Å². The molecule has 0 radical (unpaired) electrons. The summed E-state index contributed by atoms with van der Waals surface area (Å²) in [5.41, 5.74) is 0. The number of esters is 3. The Labute approximate surface area is 512 Å². The molecule has 1 unspecified atom stereocenters. The van der Waals surface area contributed by atoms with Crippen molar-refractivity contribution in [3.8, 4) is 0 Å². The second-order valence-electron chi connectivity index (χ2n) is 25.2. The van der Waals surface area contributed by atoms with E-state index in [4.69, 9.17) is 14.2 Å². The Bertz CT molecular complexity index is 1370. The number of carbonyl (C=O) groups is 3. The third-order valence-electron chi connectivity index (χ3n) is 16.9. The lowest BCUT2D eigenvalue weighted by Crippen LogP contribution is -2.30. The van der Waals surface area contributed by atoms with Gasteiger partial charge in [0.15, 0.2) is 6.10 Å². The number of ether oxygens (including phenoxy) is 3. The van der Waals surface area contributed by atoms with E-state index in [1.165, 1.54) is 302 Å². The quantitative estimate of drug-likeness (QED) is 0.0261. The first-order chi connectivity index (χ1) is 40.5. The summed E-state index contributed by atoms with van der Waals surface area (Å²) >= 11 is 0. The molecule has 0 amide bonds. The average molecular weight is 1150 g/mol. The fraction of sp³-hybridized carbons (Fsp3) is 0.882. The van der Waals surface area contributed by atoms with Crippen LogP contribution in [0.1, 0.15) is 412 Å². The van der Waals surface area contributed by atoms with Crippen LogP contribution in [-0.2, 0) is 28.6 Å². The van der Waals surface area contributed by atoms with Gasteiger partial charge in [-0.3, -0.25) is 14.4 Å². The van der Waals surface area contributed by atoms with Gasteiger partial charge in [0.05, 0.1) is 0 Å². The maximum Gasteiger partial charge on any atom is 0.306 e. The molecular weight excluding hydrogens is 1010 g/mol. The predicted octanol–water partition coefficient (Wildman–Crippen LogP) is 25.5. The van der Waals surface area contributed by atoms with Crippen LogP contribution < -0.4 is 0 Å². The van der Waals surface area contributed by atoms with Crippen molar-refractivity contribution in [2.75, 3.05) is 13.2 Å². The van der Waals surface area contributed by atoms with E-state index in [9.17, 15) is 14.4 Å². The standard InChI is InChI=1S/C76H142O6/c1-4-7-10-13-16-19-22-24-26-28-30-32-33-34-35-36-37-38-39-40-41-42-43-44-46-47-49-51-54-57-60-63-66-69-75(78)81-72-73(71-80-74(77)68-65-62-59-56-53-21-18-15-12-9-6-3)82-76(79)70-67-64-61-58-55-52-50-48-45-31-29-27-25-23-20-17-14-11-8-5-2/h15,18,22,24,28,30,73H,4-14,16-17,19-21,23,25-27,29,31-72H2,1-3H3/b18-15-,24-22-,30-28-. The molecule has 0 aromatic carbocycles. The lowest BCUT2D eigenvalue weighted by molar-refractivity contribution is -0.167. The van der Waals surface area contributed by atoms with Crippen LogP contribution in [-0.4, -0.2) is 37.2 Å². The predicted molar refractivity (Wildman–Crippen MR) is 358 cm³/mol. The van der Waals surface area contributed by atoms with Gasteiger partial charge in [-0.2, -0.15) is 0 Å². The molecule has 0 aliphatic rings. The topological polar surface area (TPSA) is 78.9 Å². The van der Waals surface area contributed by atoms with Crippen LogP contribution in [0.4, 0.5) is 0 Å². The maximum absolute atomic E-state index is 12.9. The largest absolute Gasteiger partial charge is 0.462 e. The van der Waals surface area contributed by atoms with E-state index in [0.29, 0.717) is 19.3 Å². The first kappa shape index (κ1) is 79.6. The van der Waals surface area contributed by atoms with Crippen molar-refractivity contribution >= 4 is 17.9 Å². The molecule has 0 saturated heterocycles. The molecule has 0 bridgehead atoms. The van der Waals surface area contributed by atoms with Gasteiger partial charge in [-0.25, -0.2) is 0 Å². The van der Waals surface area contributed by atoms with E-state index in [1.54, 1.807) is 0 Å². The van der Waals surface area contributed by atoms with Crippen molar-refractivity contribution in [2.24, 2.45) is 0 Å². The monoisotopic (exact) mass is 1150 g/mol. The first-order valence-corrected chi connectivity index (χ1v) is 37.0. The molecule has 482 valence electrons. The van der Waals surface area contributed by atoms with Gasteiger partial charge in [0, 0.05) is 19.3 Å². The molecule has 0 aliphatic heterocycles. The van der Waals surface area contributed by atoms with Crippen LogP contribution in [0.5, 0.6) is 0 Å². The summed E-state index contributed by atoms with van der Waals surface area (Å²) in [6.45, 7) is 6.66. The summed E-state index contributed by atoms with van der Waals surface area (Å²) in [7, 11) is 0. The minimum absolute atomic E-state index is 0.0682. The van der Waals surface area contributed by atoms with Gasteiger partial charge in [0.1, 0.15) is 13.2 Å². The lowest BCUT2D eigenvalue weighted by Gasteiger charge is -2.18. The van der Waals surface area contributed by atoms with Crippen molar-refractivity contribution in [1.29, 1.82) is 0 Å². The van der Waals surface area contributed by atoms with Crippen molar-refractivity contribution < 1.29 is 28.6 Å². The summed E-state index contributed by atoms with van der Waals surface area (Å²) in [4.78, 5) is 38.4. The summed E-state index contributed by atoms with van der Waals surface area (Å²) in [5.74, 6) is -0.848. The summed E-state index contributed by atoms with van der Waals surface area (Å²) in [6.07, 6.45) is 89.2. The van der Waals surface area contributed by atoms with Gasteiger partial charge in [-0.15, -0.1) is 0 Å². The van der Waals surface area contributed by atoms with Crippen LogP contribution >= 0.6 is 0 Å². The fourth-order valence-corrected chi connectivity index (χ4v) is 11.3. The zero-order valence-electron chi connectivity index (χ0n) is 55.5. The molecule has 0 aromatic heterocycles. The second kappa shape index (κ2) is 71.1. The zero-order valence-corrected chi connectivity index (χ0v) is 55.5. The van der Waals surface area contributed by atoms with Gasteiger partial charge in [0.25, 0.3) is 0 Å². The molecule has 82 heavy (non-hydrogen) atoms. The smallest absolute Gasteiger partial charge is 0.306 e. The minimum atomic E-state index is -0.772. The van der Waals surface area contributed by atoms with E-state index in [2.05, 4.69) is 57.2 Å². The van der Waals surface area contributed by atoms with Crippen molar-refractivity contribution in [3.05, 3.63) is 36.5 Å². The van der Waals surface area contributed by atoms with Gasteiger partial charge in [-0.05, 0) is 70.6 Å². The Morgan fingerprint density at radius 2 is 0.451 bits per heavy atom. The van der Waals surface area contributed by atoms with E-state index in [0.717, 1.165) is 70.6 Å². The normalized spacial score (nSPS) is 12.2. The molecule has 0 saturated carbocycles. The Balaban J connectivity index is 4.07. The molecule has 0 fully saturated rings. The third kappa shape index (κ3) is 68.4. The highest BCUT2D eigenvalue weighted by atomic mass is 16.6. The van der Waals surface area contributed by atoms with Crippen LogP contribution in [0.3, 0.4) is 0 Å². The molecule has 6 nitrogen and oxygen atoms in total. The van der Waals surface area contributed by atoms with E-state index in [-0.39, 0.29) is 31.1 Å². The Hall–Kier alpha value is -2.37. The minimum Gasteiger partial charge on any atom is -0.462 e. The molecule has 0 aromatic rings. The number of carbonyl (C=O) groups excluding carboxylic acids is 3. The lowest BCUT2D eigenvalue weighted by atomic mass is 10.0. The van der Waals surface area contributed by atoms with Gasteiger partial charge in [-0.1, -0.05) is 359 Å². The molecule has 0 spiro atoms. The first-order valence-electron chi connectivity index (χ1n) is 37.0. The van der Waals surface area contributed by atoms with Crippen molar-refractivity contribution in [1.82, 2.24) is 0 Å². The van der Waals surface area contributed by atoms with Crippen LogP contribution in [0.15, 0.2) is 36.5 Å². The number of rotatable bonds is 69. The number of allylic oxidation sites excluding steroid dienone is 6. The van der Waals surface area contributed by atoms with Crippen LogP contribution in [0, 0.1) is 0 Å². The van der Waals surface area contributed by atoms with E-state index >= 15 is 0 Å². The zero-order chi connectivity index (χ0) is 59.2. The molecule has 1 atom stereocenters. The highest BCUT2D eigenvalue weighted by Crippen LogP contribution is 2.19. The SMILES string of the molecule is CCCC/C=C\CCCCCCCC(=O)OCC(COC(=O)CCCCCCCCCCCCCCCCCCCCCCC/C=C\C/C=C\CCCCCCC)OC(=O)CCCCCCCCCCCCCCCCCCCCCC. The van der Waals surface area contributed by atoms with Gasteiger partial charge >= 0.3 is 17.9 Å². The molecule has 0 heterocycles. The summed E-state index contributed by atoms with van der Waals surface area (Å²) < 4.78 is 17.0. The third-order valence-corrected chi connectivity index (χ3v) is 16.9. The van der Waals surface area contributed by atoms with E-state index < -0.39 is 6.10 Å². The fourth-order valence-electron chi connectivity index (χ4n) is 11.3. The molecule has 0 rings (SSSR count). The molecule has 0 aliphatic carbocycles. The Kier molecular flexibility index (Phi) is 69.1. The molecule has 0 N–H and O–H groups in total. The van der Waals surface area contributed by atoms with Gasteiger partial charge < -0.3 is 14.2 Å². The molecular formula is C76H142O6. The Morgan fingerprint density at radius 1 is 0.244 bits per heavy atom.